The highest BCUT2D eigenvalue weighted by atomic mass is 127. The first-order chi connectivity index (χ1) is 6.27. The van der Waals surface area contributed by atoms with Gasteiger partial charge in [-0.05, 0) is 45.4 Å². The van der Waals surface area contributed by atoms with Crippen molar-refractivity contribution in [3.8, 4) is 0 Å². The fourth-order valence-corrected chi connectivity index (χ4v) is 2.20. The van der Waals surface area contributed by atoms with E-state index in [2.05, 4.69) is 28.7 Å². The zero-order valence-electron chi connectivity index (χ0n) is 7.63. The number of carbonyl (C=O) groups is 1. The van der Waals surface area contributed by atoms with E-state index in [1.807, 2.05) is 4.90 Å². The molecule has 3 heteroatoms. The van der Waals surface area contributed by atoms with E-state index in [9.17, 15) is 4.79 Å². The quantitative estimate of drug-likeness (QED) is 0.679. The van der Waals surface area contributed by atoms with Gasteiger partial charge in [0.05, 0.1) is 0 Å². The van der Waals surface area contributed by atoms with Crippen LogP contribution in [0.1, 0.15) is 25.7 Å². The van der Waals surface area contributed by atoms with Crippen LogP contribution in [0, 0.1) is 5.92 Å². The average molecular weight is 291 g/mol. The SMILES string of the molecule is O=C(C1CCC1)N1CC=C(I)CC1. The smallest absolute Gasteiger partial charge is 0.225 e. The Labute approximate surface area is 92.5 Å². The molecule has 0 aromatic heterocycles. The number of carbonyl (C=O) groups excluding carboxylic acids is 1. The largest absolute Gasteiger partial charge is 0.338 e. The van der Waals surface area contributed by atoms with E-state index in [0.717, 1.165) is 32.4 Å². The third kappa shape index (κ3) is 2.06. The molecule has 0 radical (unpaired) electrons. The Morgan fingerprint density at radius 1 is 1.54 bits per heavy atom. The third-order valence-electron chi connectivity index (χ3n) is 2.92. The molecule has 0 N–H and O–H groups in total. The zero-order valence-corrected chi connectivity index (χ0v) is 9.79. The molecule has 0 spiro atoms. The molecule has 0 atom stereocenters. The molecular formula is C10H14INO. The molecule has 1 aliphatic carbocycles. The van der Waals surface area contributed by atoms with Crippen molar-refractivity contribution in [1.82, 2.24) is 4.90 Å². The summed E-state index contributed by atoms with van der Waals surface area (Å²) in [4.78, 5) is 13.8. The first-order valence-electron chi connectivity index (χ1n) is 4.90. The first kappa shape index (κ1) is 9.49. The second-order valence-electron chi connectivity index (χ2n) is 3.81. The van der Waals surface area contributed by atoms with Crippen molar-refractivity contribution in [3.63, 3.8) is 0 Å². The Balaban J connectivity index is 1.90. The van der Waals surface area contributed by atoms with Crippen LogP contribution in [-0.4, -0.2) is 23.9 Å². The average Bonchev–Trinajstić information content (AvgIpc) is 2.02. The molecule has 0 saturated heterocycles. The minimum atomic E-state index is 0.365. The lowest BCUT2D eigenvalue weighted by molar-refractivity contribution is -0.137. The maximum absolute atomic E-state index is 11.8. The van der Waals surface area contributed by atoms with E-state index < -0.39 is 0 Å². The normalized spacial score (nSPS) is 23.8. The molecule has 1 aliphatic heterocycles. The van der Waals surface area contributed by atoms with Crippen LogP contribution in [0.2, 0.25) is 0 Å². The van der Waals surface area contributed by atoms with Crippen molar-refractivity contribution in [1.29, 1.82) is 0 Å². The summed E-state index contributed by atoms with van der Waals surface area (Å²) in [5, 5.41) is 0. The lowest BCUT2D eigenvalue weighted by atomic mass is 9.84. The van der Waals surface area contributed by atoms with Gasteiger partial charge in [0.1, 0.15) is 0 Å². The van der Waals surface area contributed by atoms with Crippen molar-refractivity contribution in [2.75, 3.05) is 13.1 Å². The number of amides is 1. The zero-order chi connectivity index (χ0) is 9.26. The van der Waals surface area contributed by atoms with Crippen molar-refractivity contribution in [2.45, 2.75) is 25.7 Å². The van der Waals surface area contributed by atoms with E-state index in [4.69, 9.17) is 0 Å². The maximum Gasteiger partial charge on any atom is 0.225 e. The number of hydrogen-bond donors (Lipinski definition) is 0. The van der Waals surface area contributed by atoms with Gasteiger partial charge in [0.25, 0.3) is 0 Å². The molecule has 0 bridgehead atoms. The molecule has 0 aromatic carbocycles. The lowest BCUT2D eigenvalue weighted by Gasteiger charge is -2.32. The summed E-state index contributed by atoms with van der Waals surface area (Å²) in [5.74, 6) is 0.760. The molecule has 2 rings (SSSR count). The number of hydrogen-bond acceptors (Lipinski definition) is 1. The second kappa shape index (κ2) is 3.98. The third-order valence-corrected chi connectivity index (χ3v) is 3.90. The van der Waals surface area contributed by atoms with Gasteiger partial charge in [0, 0.05) is 19.0 Å². The molecule has 0 unspecified atom stereocenters. The summed E-state index contributed by atoms with van der Waals surface area (Å²) in [6.07, 6.45) is 6.71. The summed E-state index contributed by atoms with van der Waals surface area (Å²) in [6, 6.07) is 0. The van der Waals surface area contributed by atoms with Crippen LogP contribution in [0.5, 0.6) is 0 Å². The van der Waals surface area contributed by atoms with Crippen molar-refractivity contribution in [2.24, 2.45) is 5.92 Å². The van der Waals surface area contributed by atoms with Gasteiger partial charge in [-0.3, -0.25) is 4.79 Å². The summed E-state index contributed by atoms with van der Waals surface area (Å²) >= 11 is 2.35. The van der Waals surface area contributed by atoms with Gasteiger partial charge in [0.15, 0.2) is 0 Å². The lowest BCUT2D eigenvalue weighted by Crippen LogP contribution is -2.40. The molecule has 1 heterocycles. The van der Waals surface area contributed by atoms with Crippen LogP contribution >= 0.6 is 22.6 Å². The van der Waals surface area contributed by atoms with E-state index in [1.165, 1.54) is 10.0 Å². The fraction of sp³-hybridized carbons (Fsp3) is 0.700. The van der Waals surface area contributed by atoms with Crippen LogP contribution in [0.25, 0.3) is 0 Å². The topological polar surface area (TPSA) is 20.3 Å². The fourth-order valence-electron chi connectivity index (χ4n) is 1.76. The highest BCUT2D eigenvalue weighted by molar-refractivity contribution is 14.1. The Morgan fingerprint density at radius 2 is 2.31 bits per heavy atom. The molecule has 0 aromatic rings. The number of halogens is 1. The van der Waals surface area contributed by atoms with E-state index >= 15 is 0 Å². The van der Waals surface area contributed by atoms with Gasteiger partial charge in [0.2, 0.25) is 5.91 Å². The molecule has 1 saturated carbocycles. The van der Waals surface area contributed by atoms with Crippen LogP contribution in [0.15, 0.2) is 9.66 Å². The summed E-state index contributed by atoms with van der Waals surface area (Å²) in [6.45, 7) is 1.78. The standard InChI is InChI=1S/C10H14INO/c11-9-4-6-12(7-5-9)10(13)8-2-1-3-8/h4,8H,1-3,5-7H2. The molecule has 1 fully saturated rings. The monoisotopic (exact) mass is 291 g/mol. The predicted octanol–water partition coefficient (Wildman–Crippen LogP) is 2.34. The van der Waals surface area contributed by atoms with Crippen LogP contribution in [0.3, 0.4) is 0 Å². The number of rotatable bonds is 1. The highest BCUT2D eigenvalue weighted by Gasteiger charge is 2.29. The maximum atomic E-state index is 11.8. The minimum Gasteiger partial charge on any atom is -0.338 e. The van der Waals surface area contributed by atoms with E-state index in [-0.39, 0.29) is 0 Å². The van der Waals surface area contributed by atoms with Gasteiger partial charge >= 0.3 is 0 Å². The van der Waals surface area contributed by atoms with E-state index in [1.54, 1.807) is 0 Å². The minimum absolute atomic E-state index is 0.365. The molecule has 13 heavy (non-hydrogen) atoms. The van der Waals surface area contributed by atoms with Gasteiger partial charge in [-0.25, -0.2) is 0 Å². The van der Waals surface area contributed by atoms with Gasteiger partial charge in [-0.1, -0.05) is 12.5 Å². The first-order valence-corrected chi connectivity index (χ1v) is 5.98. The molecule has 1 amide bonds. The van der Waals surface area contributed by atoms with Crippen LogP contribution in [0.4, 0.5) is 0 Å². The summed E-state index contributed by atoms with van der Waals surface area (Å²) < 4.78 is 1.40. The Bertz CT molecular complexity index is 245. The van der Waals surface area contributed by atoms with Gasteiger partial charge in [-0.2, -0.15) is 0 Å². The van der Waals surface area contributed by atoms with Crippen molar-refractivity contribution >= 4 is 28.5 Å². The molecular weight excluding hydrogens is 277 g/mol. The van der Waals surface area contributed by atoms with Gasteiger partial charge < -0.3 is 4.90 Å². The van der Waals surface area contributed by atoms with Crippen LogP contribution < -0.4 is 0 Å². The van der Waals surface area contributed by atoms with Gasteiger partial charge in [-0.15, -0.1) is 0 Å². The number of nitrogens with zero attached hydrogens (tertiary/aromatic N) is 1. The van der Waals surface area contributed by atoms with Crippen molar-refractivity contribution in [3.05, 3.63) is 9.66 Å². The second-order valence-corrected chi connectivity index (χ2v) is 5.20. The van der Waals surface area contributed by atoms with Crippen molar-refractivity contribution < 1.29 is 4.79 Å². The Hall–Kier alpha value is -0.0600. The Kier molecular flexibility index (Phi) is 2.91. The molecule has 2 nitrogen and oxygen atoms in total. The Morgan fingerprint density at radius 3 is 2.77 bits per heavy atom. The summed E-state index contributed by atoms with van der Waals surface area (Å²) in [7, 11) is 0. The van der Waals surface area contributed by atoms with Crippen LogP contribution in [-0.2, 0) is 4.79 Å². The predicted molar refractivity (Wildman–Crippen MR) is 60.6 cm³/mol. The highest BCUT2D eigenvalue weighted by Crippen LogP contribution is 2.29. The molecule has 72 valence electrons. The molecule has 2 aliphatic rings. The summed E-state index contributed by atoms with van der Waals surface area (Å²) in [5.41, 5.74) is 0. The van der Waals surface area contributed by atoms with E-state index in [0.29, 0.717) is 11.8 Å².